The van der Waals surface area contributed by atoms with E-state index in [1.165, 1.54) is 12.8 Å². The number of pyridine rings is 1. The Labute approximate surface area is 145 Å². The molecule has 2 aromatic heterocycles. The zero-order valence-corrected chi connectivity index (χ0v) is 14.2. The number of hydrogen-bond donors (Lipinski definition) is 1. The van der Waals surface area contributed by atoms with Gasteiger partial charge in [0, 0.05) is 12.7 Å². The predicted octanol–water partition coefficient (Wildman–Crippen LogP) is 2.89. The Morgan fingerprint density at radius 2 is 2.21 bits per heavy atom. The molecule has 0 unspecified atom stereocenters. The Hall–Kier alpha value is -2.48. The van der Waals surface area contributed by atoms with Crippen LogP contribution in [0, 0.1) is 5.92 Å². The van der Waals surface area contributed by atoms with Crippen LogP contribution in [0.3, 0.4) is 0 Å². The number of aromatic nitrogens is 4. The molecule has 0 spiro atoms. The molecule has 4 rings (SSSR count). The predicted molar refractivity (Wildman–Crippen MR) is 90.8 cm³/mol. The highest BCUT2D eigenvalue weighted by Crippen LogP contribution is 2.36. The molecule has 1 aliphatic rings. The smallest absolute Gasteiger partial charge is 0.254 e. The number of hydrogen-bond acceptors (Lipinski definition) is 5. The van der Waals surface area contributed by atoms with E-state index in [4.69, 9.17) is 10.5 Å². The highest BCUT2D eigenvalue weighted by Gasteiger charge is 2.24. The van der Waals surface area contributed by atoms with Crippen molar-refractivity contribution < 1.29 is 9.53 Å². The number of carbonyl (C=O) groups excluding carboxylic acids is 1. The fourth-order valence-electron chi connectivity index (χ4n) is 2.51. The van der Waals surface area contributed by atoms with E-state index in [1.807, 2.05) is 10.7 Å². The number of primary amides is 1. The molecule has 24 heavy (non-hydrogen) atoms. The minimum absolute atomic E-state index is 0.162. The van der Waals surface area contributed by atoms with Crippen LogP contribution >= 0.6 is 15.9 Å². The molecule has 2 N–H and O–H groups in total. The fourth-order valence-corrected chi connectivity index (χ4v) is 3.00. The lowest BCUT2D eigenvalue weighted by Crippen LogP contribution is -2.12. The van der Waals surface area contributed by atoms with E-state index in [2.05, 4.69) is 31.2 Å². The summed E-state index contributed by atoms with van der Waals surface area (Å²) < 4.78 is 8.36. The third-order valence-electron chi connectivity index (χ3n) is 3.96. The van der Waals surface area contributed by atoms with Gasteiger partial charge in [-0.25, -0.2) is 9.67 Å². The average molecular weight is 388 g/mol. The summed E-state index contributed by atoms with van der Waals surface area (Å²) in [5, 5.41) is 8.45. The van der Waals surface area contributed by atoms with E-state index < -0.39 is 5.91 Å². The quantitative estimate of drug-likeness (QED) is 0.725. The van der Waals surface area contributed by atoms with Crippen LogP contribution < -0.4 is 10.5 Å². The molecule has 122 valence electrons. The number of nitrogens with zero attached hydrogens (tertiary/aromatic N) is 4. The molecule has 1 saturated carbocycles. The first-order valence-electron chi connectivity index (χ1n) is 7.58. The SMILES string of the molecule is NC(=O)c1cccnc1Oc1ccc2c(nnn2CC2CC2)c1Br. The highest BCUT2D eigenvalue weighted by molar-refractivity contribution is 9.10. The molecule has 0 atom stereocenters. The number of halogens is 1. The summed E-state index contributed by atoms with van der Waals surface area (Å²) in [6, 6.07) is 6.92. The number of fused-ring (bicyclic) bond motifs is 1. The van der Waals surface area contributed by atoms with Gasteiger partial charge in [-0.2, -0.15) is 0 Å². The van der Waals surface area contributed by atoms with Gasteiger partial charge in [-0.05, 0) is 59.0 Å². The normalized spacial score (nSPS) is 14.0. The Balaban J connectivity index is 1.70. The molecule has 1 aromatic carbocycles. The van der Waals surface area contributed by atoms with Gasteiger partial charge in [0.05, 0.1) is 9.99 Å². The first-order valence-corrected chi connectivity index (χ1v) is 8.37. The molecule has 0 bridgehead atoms. The molecule has 1 aliphatic carbocycles. The minimum atomic E-state index is -0.592. The lowest BCUT2D eigenvalue weighted by molar-refractivity contribution is 0.0997. The molecule has 0 aliphatic heterocycles. The molecule has 1 amide bonds. The van der Waals surface area contributed by atoms with Gasteiger partial charge >= 0.3 is 0 Å². The van der Waals surface area contributed by atoms with Crippen molar-refractivity contribution in [2.45, 2.75) is 19.4 Å². The van der Waals surface area contributed by atoms with Crippen molar-refractivity contribution in [3.63, 3.8) is 0 Å². The Morgan fingerprint density at radius 1 is 1.38 bits per heavy atom. The van der Waals surface area contributed by atoms with Gasteiger partial charge in [0.1, 0.15) is 16.8 Å². The highest BCUT2D eigenvalue weighted by atomic mass is 79.9. The van der Waals surface area contributed by atoms with Crippen LogP contribution in [-0.4, -0.2) is 25.9 Å². The maximum Gasteiger partial charge on any atom is 0.254 e. The zero-order chi connectivity index (χ0) is 16.7. The van der Waals surface area contributed by atoms with E-state index in [0.717, 1.165) is 12.1 Å². The standard InChI is InChI=1S/C16H14BrN5O2/c17-13-12(24-16-10(15(18)23)2-1-7-19-16)6-5-11-14(13)20-21-22(11)8-9-3-4-9/h1-2,5-7,9H,3-4,8H2,(H2,18,23). The van der Waals surface area contributed by atoms with Crippen LogP contribution in [0.15, 0.2) is 34.9 Å². The van der Waals surface area contributed by atoms with Crippen LogP contribution in [0.2, 0.25) is 0 Å². The summed E-state index contributed by atoms with van der Waals surface area (Å²) in [5.41, 5.74) is 7.23. The second-order valence-corrected chi connectivity index (χ2v) is 6.58. The third-order valence-corrected chi connectivity index (χ3v) is 4.73. The van der Waals surface area contributed by atoms with Crippen molar-refractivity contribution in [3.05, 3.63) is 40.5 Å². The summed E-state index contributed by atoms with van der Waals surface area (Å²) in [7, 11) is 0. The van der Waals surface area contributed by atoms with Gasteiger partial charge in [-0.15, -0.1) is 5.10 Å². The van der Waals surface area contributed by atoms with Crippen LogP contribution in [0.1, 0.15) is 23.2 Å². The molecule has 0 radical (unpaired) electrons. The van der Waals surface area contributed by atoms with Gasteiger partial charge in [-0.3, -0.25) is 4.79 Å². The summed E-state index contributed by atoms with van der Waals surface area (Å²) in [4.78, 5) is 15.6. The largest absolute Gasteiger partial charge is 0.437 e. The minimum Gasteiger partial charge on any atom is -0.437 e. The number of nitrogens with two attached hydrogens (primary N) is 1. The molecule has 1 fully saturated rings. The maximum atomic E-state index is 11.5. The lowest BCUT2D eigenvalue weighted by Gasteiger charge is -2.09. The number of rotatable bonds is 5. The monoisotopic (exact) mass is 387 g/mol. The Morgan fingerprint density at radius 3 is 2.96 bits per heavy atom. The van der Waals surface area contributed by atoms with Crippen molar-refractivity contribution in [1.29, 1.82) is 0 Å². The topological polar surface area (TPSA) is 95.9 Å². The first-order chi connectivity index (χ1) is 11.6. The summed E-state index contributed by atoms with van der Waals surface area (Å²) in [6.07, 6.45) is 4.04. The van der Waals surface area contributed by atoms with Gasteiger partial charge in [0.25, 0.3) is 5.91 Å². The maximum absolute atomic E-state index is 11.5. The first kappa shape index (κ1) is 15.1. The van der Waals surface area contributed by atoms with Gasteiger partial charge in [-0.1, -0.05) is 5.21 Å². The fraction of sp³-hybridized carbons (Fsp3) is 0.250. The average Bonchev–Trinajstić information content (AvgIpc) is 3.29. The number of benzene rings is 1. The number of carbonyl (C=O) groups is 1. The van der Waals surface area contributed by atoms with Crippen LogP contribution in [0.5, 0.6) is 11.6 Å². The summed E-state index contributed by atoms with van der Waals surface area (Å²) in [6.45, 7) is 0.884. The second-order valence-electron chi connectivity index (χ2n) is 5.78. The van der Waals surface area contributed by atoms with E-state index in [-0.39, 0.29) is 11.4 Å². The van der Waals surface area contributed by atoms with E-state index in [1.54, 1.807) is 24.4 Å². The van der Waals surface area contributed by atoms with Crippen molar-refractivity contribution in [2.75, 3.05) is 0 Å². The second kappa shape index (κ2) is 5.86. The van der Waals surface area contributed by atoms with Crippen LogP contribution in [0.4, 0.5) is 0 Å². The van der Waals surface area contributed by atoms with Crippen molar-refractivity contribution in [2.24, 2.45) is 11.7 Å². The third kappa shape index (κ3) is 2.73. The molecule has 0 saturated heterocycles. The summed E-state index contributed by atoms with van der Waals surface area (Å²) in [5.74, 6) is 0.777. The van der Waals surface area contributed by atoms with Crippen LogP contribution in [0.25, 0.3) is 11.0 Å². The molecule has 3 aromatic rings. The molecule has 8 heteroatoms. The number of amides is 1. The Kier molecular flexibility index (Phi) is 3.68. The van der Waals surface area contributed by atoms with Crippen molar-refractivity contribution in [3.8, 4) is 11.6 Å². The zero-order valence-electron chi connectivity index (χ0n) is 12.6. The van der Waals surface area contributed by atoms with Gasteiger partial charge in [0.2, 0.25) is 5.88 Å². The molecule has 7 nitrogen and oxygen atoms in total. The van der Waals surface area contributed by atoms with Crippen molar-refractivity contribution >= 4 is 32.9 Å². The van der Waals surface area contributed by atoms with Gasteiger partial charge < -0.3 is 10.5 Å². The molecule has 2 heterocycles. The van der Waals surface area contributed by atoms with E-state index >= 15 is 0 Å². The van der Waals surface area contributed by atoms with Gasteiger partial charge in [0.15, 0.2) is 0 Å². The van der Waals surface area contributed by atoms with E-state index in [0.29, 0.717) is 21.7 Å². The van der Waals surface area contributed by atoms with E-state index in [9.17, 15) is 4.79 Å². The number of ether oxygens (including phenoxy) is 1. The van der Waals surface area contributed by atoms with Crippen molar-refractivity contribution in [1.82, 2.24) is 20.0 Å². The molecular weight excluding hydrogens is 374 g/mol. The molecular formula is C16H14BrN5O2. The Bertz CT molecular complexity index is 935. The van der Waals surface area contributed by atoms with Crippen LogP contribution in [-0.2, 0) is 6.54 Å². The lowest BCUT2D eigenvalue weighted by atomic mass is 10.2. The summed E-state index contributed by atoms with van der Waals surface area (Å²) >= 11 is 3.51.